The van der Waals surface area contributed by atoms with Crippen LogP contribution < -0.4 is 5.14 Å². The van der Waals surface area contributed by atoms with Gasteiger partial charge in [-0.1, -0.05) is 29.7 Å². The highest BCUT2D eigenvalue weighted by molar-refractivity contribution is 7.89. The van der Waals surface area contributed by atoms with Crippen LogP contribution in [-0.4, -0.2) is 18.2 Å². The highest BCUT2D eigenvalue weighted by Crippen LogP contribution is 2.33. The predicted molar refractivity (Wildman–Crippen MR) is 90.1 cm³/mol. The van der Waals surface area contributed by atoms with Gasteiger partial charge in [0.15, 0.2) is 5.69 Å². The molecule has 2 N–H and O–H groups in total. The summed E-state index contributed by atoms with van der Waals surface area (Å²) in [5.74, 6) is 0. The summed E-state index contributed by atoms with van der Waals surface area (Å²) in [6.45, 7) is 1.37. The van der Waals surface area contributed by atoms with Gasteiger partial charge in [-0.25, -0.2) is 18.2 Å². The Kier molecular flexibility index (Phi) is 3.26. The lowest BCUT2D eigenvalue weighted by atomic mass is 10.1. The smallest absolute Gasteiger partial charge is 0.233 e. The van der Waals surface area contributed by atoms with Crippen molar-refractivity contribution in [3.8, 4) is 16.9 Å². The van der Waals surface area contributed by atoms with Crippen LogP contribution in [-0.2, 0) is 16.2 Å². The van der Waals surface area contributed by atoms with Gasteiger partial charge in [-0.2, -0.15) is 18.3 Å². The molecule has 26 heavy (non-hydrogen) atoms. The molecule has 1 aromatic heterocycles. The number of hydrogen-bond acceptors (Lipinski definition) is 3. The largest absolute Gasteiger partial charge is 0.435 e. The molecular formula is C17H14F3N3O2S. The minimum absolute atomic E-state index is 0.00494. The molecule has 0 unspecified atom stereocenters. The number of sulfonamides is 1. The van der Waals surface area contributed by atoms with Gasteiger partial charge in [0.25, 0.3) is 0 Å². The van der Waals surface area contributed by atoms with Crippen molar-refractivity contribution in [3.63, 3.8) is 0 Å². The van der Waals surface area contributed by atoms with Gasteiger partial charge in [-0.05, 0) is 37.3 Å². The minimum atomic E-state index is -4.84. The van der Waals surface area contributed by atoms with Crippen LogP contribution >= 0.6 is 0 Å². The van der Waals surface area contributed by atoms with E-state index in [4.69, 9.17) is 10.6 Å². The van der Waals surface area contributed by atoms with Crippen LogP contribution in [0.2, 0.25) is 0 Å². The quantitative estimate of drug-likeness (QED) is 0.749. The van der Waals surface area contributed by atoms with Gasteiger partial charge in [0.1, 0.15) is 0 Å². The van der Waals surface area contributed by atoms with Gasteiger partial charge in [-0.3, -0.25) is 0 Å². The minimum Gasteiger partial charge on any atom is -0.233 e. The van der Waals surface area contributed by atoms with Crippen LogP contribution in [0.3, 0.4) is 0 Å². The summed E-state index contributed by atoms with van der Waals surface area (Å²) in [5.41, 5.74) is -1.96. The number of primary sulfonamides is 1. The molecule has 5 nitrogen and oxygen atoms in total. The lowest BCUT2D eigenvalue weighted by molar-refractivity contribution is -0.141. The SMILES string of the molecule is [2H]c1c([2H])c(-c2cc(C(F)(F)F)nn2-c2ccc(S(N)(=O)=O)cc2)c([2H])c([2H])c1C. The van der Waals surface area contributed by atoms with E-state index in [1.54, 1.807) is 0 Å². The van der Waals surface area contributed by atoms with Crippen LogP contribution in [0.1, 0.15) is 16.7 Å². The number of nitrogens with two attached hydrogens (primary N) is 1. The zero-order valence-corrected chi connectivity index (χ0v) is 14.0. The third kappa shape index (κ3) is 3.63. The van der Waals surface area contributed by atoms with Crippen LogP contribution in [0, 0.1) is 6.92 Å². The van der Waals surface area contributed by atoms with Crippen LogP contribution in [0.5, 0.6) is 0 Å². The number of benzene rings is 2. The first kappa shape index (κ1) is 13.5. The molecule has 2 aromatic carbocycles. The van der Waals surface area contributed by atoms with Gasteiger partial charge in [0.2, 0.25) is 10.0 Å². The zero-order valence-electron chi connectivity index (χ0n) is 17.2. The highest BCUT2D eigenvalue weighted by Gasteiger charge is 2.35. The Bertz CT molecular complexity index is 1230. The maximum Gasteiger partial charge on any atom is 0.435 e. The normalized spacial score (nSPS) is 14.5. The Labute approximate surface area is 153 Å². The standard InChI is InChI=1S/C17H14F3N3O2S/c1-11-2-4-12(5-3-11)15-10-16(17(18,19)20)22-23(15)13-6-8-14(9-7-13)26(21,24)25/h2-10H,1H3,(H2,21,24,25)/i2D,3D,4D,5D. The maximum absolute atomic E-state index is 13.3. The van der Waals surface area contributed by atoms with E-state index in [1.165, 1.54) is 19.1 Å². The third-order valence-electron chi connectivity index (χ3n) is 3.42. The van der Waals surface area contributed by atoms with Crippen molar-refractivity contribution >= 4 is 10.0 Å². The molecule has 136 valence electrons. The summed E-state index contributed by atoms with van der Waals surface area (Å²) < 4.78 is 95.8. The van der Waals surface area contributed by atoms with E-state index >= 15 is 0 Å². The third-order valence-corrected chi connectivity index (χ3v) is 4.34. The van der Waals surface area contributed by atoms with Crippen molar-refractivity contribution in [2.24, 2.45) is 5.14 Å². The summed E-state index contributed by atoms with van der Waals surface area (Å²) in [5, 5.41) is 8.53. The molecule has 0 spiro atoms. The second-order valence-electron chi connectivity index (χ2n) is 5.36. The first-order valence-corrected chi connectivity index (χ1v) is 8.66. The second kappa shape index (κ2) is 6.26. The number of nitrogens with zero attached hydrogens (tertiary/aromatic N) is 2. The molecule has 0 fully saturated rings. The van der Waals surface area contributed by atoms with Gasteiger partial charge >= 0.3 is 6.18 Å². The number of alkyl halides is 3. The van der Waals surface area contributed by atoms with Crippen molar-refractivity contribution < 1.29 is 27.1 Å². The van der Waals surface area contributed by atoms with Crippen LogP contribution in [0.15, 0.2) is 59.4 Å². The molecule has 0 aliphatic heterocycles. The summed E-state index contributed by atoms with van der Waals surface area (Å²) in [6, 6.07) is 3.28. The van der Waals surface area contributed by atoms with Crippen molar-refractivity contribution in [2.75, 3.05) is 0 Å². The Morgan fingerprint density at radius 2 is 1.69 bits per heavy atom. The summed E-state index contributed by atoms with van der Waals surface area (Å²) in [7, 11) is -4.03. The molecular weight excluding hydrogens is 367 g/mol. The highest BCUT2D eigenvalue weighted by atomic mass is 32.2. The Hall–Kier alpha value is -2.65. The number of halogens is 3. The zero-order chi connectivity index (χ0) is 22.6. The fourth-order valence-electron chi connectivity index (χ4n) is 2.17. The summed E-state index contributed by atoms with van der Waals surface area (Å²) in [4.78, 5) is -0.268. The fraction of sp³-hybridized carbons (Fsp3) is 0.118. The molecule has 1 heterocycles. The molecule has 9 heteroatoms. The second-order valence-corrected chi connectivity index (χ2v) is 6.92. The first-order valence-electron chi connectivity index (χ1n) is 9.11. The Balaban J connectivity index is 2.34. The van der Waals surface area contributed by atoms with E-state index in [1.807, 2.05) is 0 Å². The van der Waals surface area contributed by atoms with Gasteiger partial charge < -0.3 is 0 Å². The molecule has 0 saturated heterocycles. The first-order chi connectivity index (χ1) is 13.7. The summed E-state index contributed by atoms with van der Waals surface area (Å²) >= 11 is 0. The van der Waals surface area contributed by atoms with E-state index in [0.29, 0.717) is 6.07 Å². The van der Waals surface area contributed by atoms with E-state index in [-0.39, 0.29) is 27.4 Å². The average Bonchev–Trinajstić information content (AvgIpc) is 3.10. The Morgan fingerprint density at radius 1 is 1.12 bits per heavy atom. The predicted octanol–water partition coefficient (Wildman–Crippen LogP) is 3.51. The van der Waals surface area contributed by atoms with E-state index in [9.17, 15) is 21.6 Å². The molecule has 0 aliphatic carbocycles. The number of hydrogen-bond donors (Lipinski definition) is 1. The van der Waals surface area contributed by atoms with E-state index in [0.717, 1.165) is 16.8 Å². The molecule has 0 radical (unpaired) electrons. The van der Waals surface area contributed by atoms with Crippen molar-refractivity contribution in [3.05, 3.63) is 65.8 Å². The lowest BCUT2D eigenvalue weighted by Gasteiger charge is -2.09. The molecule has 3 aromatic rings. The van der Waals surface area contributed by atoms with Gasteiger partial charge in [0, 0.05) is 5.56 Å². The van der Waals surface area contributed by atoms with Crippen molar-refractivity contribution in [2.45, 2.75) is 18.0 Å². The van der Waals surface area contributed by atoms with E-state index < -0.39 is 46.1 Å². The maximum atomic E-state index is 13.3. The lowest BCUT2D eigenvalue weighted by Crippen LogP contribution is -2.12. The molecule has 0 saturated carbocycles. The van der Waals surface area contributed by atoms with Crippen LogP contribution in [0.25, 0.3) is 16.9 Å². The number of rotatable bonds is 3. The van der Waals surface area contributed by atoms with Crippen molar-refractivity contribution in [1.82, 2.24) is 9.78 Å². The monoisotopic (exact) mass is 385 g/mol. The van der Waals surface area contributed by atoms with E-state index in [2.05, 4.69) is 5.10 Å². The van der Waals surface area contributed by atoms with Crippen LogP contribution in [0.4, 0.5) is 13.2 Å². The number of aromatic nitrogens is 2. The molecule has 0 bridgehead atoms. The van der Waals surface area contributed by atoms with Crippen molar-refractivity contribution in [1.29, 1.82) is 0 Å². The van der Waals surface area contributed by atoms with Gasteiger partial charge in [-0.15, -0.1) is 0 Å². The molecule has 0 aliphatic rings. The molecule has 0 atom stereocenters. The Morgan fingerprint density at radius 3 is 2.19 bits per heavy atom. The van der Waals surface area contributed by atoms with Gasteiger partial charge in [0.05, 0.1) is 21.8 Å². The topological polar surface area (TPSA) is 78.0 Å². The summed E-state index contributed by atoms with van der Waals surface area (Å²) in [6.07, 6.45) is -4.84. The molecule has 3 rings (SSSR count). The fourth-order valence-corrected chi connectivity index (χ4v) is 2.69. The molecule has 0 amide bonds. The average molecular weight is 385 g/mol.